The van der Waals surface area contributed by atoms with Gasteiger partial charge in [-0.05, 0) is 38.0 Å². The molecule has 0 radical (unpaired) electrons. The number of carbonyl (C=O) groups is 2. The zero-order chi connectivity index (χ0) is 16.8. The molecule has 0 spiro atoms. The fraction of sp³-hybridized carbons (Fsp3) is 0.857. The van der Waals surface area contributed by atoms with Crippen LogP contribution in [0.2, 0.25) is 0 Å². The van der Waals surface area contributed by atoms with Crippen molar-refractivity contribution in [2.24, 2.45) is 23.2 Å². The summed E-state index contributed by atoms with van der Waals surface area (Å²) in [5.74, 6) is 0.915. The predicted octanol–water partition coefficient (Wildman–Crippen LogP) is 1.72. The van der Waals surface area contributed by atoms with E-state index in [4.69, 9.17) is 9.29 Å². The quantitative estimate of drug-likeness (QED) is 0.594. The summed E-state index contributed by atoms with van der Waals surface area (Å²) >= 11 is 0. The number of halogens is 1. The summed E-state index contributed by atoms with van der Waals surface area (Å²) in [6.07, 6.45) is 2.96. The lowest BCUT2D eigenvalue weighted by Crippen LogP contribution is -2.53. The zero-order valence-electron chi connectivity index (χ0n) is 12.4. The minimum absolute atomic E-state index is 0.0515. The van der Waals surface area contributed by atoms with E-state index in [1.165, 1.54) is 0 Å². The minimum atomic E-state index is -4.89. The number of alkyl halides is 1. The van der Waals surface area contributed by atoms with Crippen LogP contribution >= 0.6 is 0 Å². The van der Waals surface area contributed by atoms with Gasteiger partial charge in [-0.25, -0.2) is 9.18 Å². The first-order chi connectivity index (χ1) is 10.7. The first-order valence-electron chi connectivity index (χ1n) is 7.62. The van der Waals surface area contributed by atoms with Gasteiger partial charge in [0.15, 0.2) is 0 Å². The highest BCUT2D eigenvalue weighted by atomic mass is 32.2. The van der Waals surface area contributed by atoms with Crippen LogP contribution < -0.4 is 0 Å². The third-order valence-electron chi connectivity index (χ3n) is 5.27. The third-order valence-corrected chi connectivity index (χ3v) is 6.06. The molecule has 0 aromatic heterocycles. The molecule has 9 heteroatoms. The summed E-state index contributed by atoms with van der Waals surface area (Å²) in [5.41, 5.74) is -2.91. The number of hydrogen-bond acceptors (Lipinski definition) is 6. The summed E-state index contributed by atoms with van der Waals surface area (Å²) < 4.78 is 51.7. The van der Waals surface area contributed by atoms with Gasteiger partial charge in [0.05, 0.1) is 0 Å². The van der Waals surface area contributed by atoms with Crippen LogP contribution in [0.25, 0.3) is 0 Å². The second-order valence-electron chi connectivity index (χ2n) is 7.02. The molecule has 1 N–H and O–H groups in total. The summed E-state index contributed by atoms with van der Waals surface area (Å²) in [6, 6.07) is 0. The van der Waals surface area contributed by atoms with E-state index in [-0.39, 0.29) is 23.9 Å². The molecule has 0 amide bonds. The lowest BCUT2D eigenvalue weighted by molar-refractivity contribution is -0.151. The van der Waals surface area contributed by atoms with Gasteiger partial charge >= 0.3 is 16.3 Å². The average Bonchev–Trinajstić information content (AvgIpc) is 2.46. The van der Waals surface area contributed by atoms with Crippen LogP contribution in [0.5, 0.6) is 0 Å². The average molecular weight is 350 g/mol. The maximum absolute atomic E-state index is 13.0. The third kappa shape index (κ3) is 3.35. The number of ether oxygens (including phenoxy) is 2. The van der Waals surface area contributed by atoms with E-state index in [9.17, 15) is 22.4 Å². The van der Waals surface area contributed by atoms with Crippen LogP contribution in [0.1, 0.15) is 32.1 Å². The molecule has 0 saturated heterocycles. The van der Waals surface area contributed by atoms with Crippen LogP contribution in [0.3, 0.4) is 0 Å². The van der Waals surface area contributed by atoms with Crippen molar-refractivity contribution >= 4 is 22.1 Å². The van der Waals surface area contributed by atoms with Gasteiger partial charge in [0.2, 0.25) is 0 Å². The highest BCUT2D eigenvalue weighted by Gasteiger charge is 2.55. The Hall–Kier alpha value is -1.22. The molecular weight excluding hydrogens is 331 g/mol. The topological polar surface area (TPSA) is 107 Å². The molecule has 4 aliphatic carbocycles. The molecule has 0 heterocycles. The number of ketones is 1. The molecule has 130 valence electrons. The van der Waals surface area contributed by atoms with Crippen molar-refractivity contribution in [3.63, 3.8) is 0 Å². The minimum Gasteiger partial charge on any atom is -0.434 e. The molecule has 0 aliphatic heterocycles. The highest BCUT2D eigenvalue weighted by molar-refractivity contribution is 7.86. The first-order valence-corrected chi connectivity index (χ1v) is 9.12. The van der Waals surface area contributed by atoms with Crippen molar-refractivity contribution in [2.75, 3.05) is 13.2 Å². The SMILES string of the molecule is O=C(OCC(F)S(=O)(=O)O)OCC12CC3CC(C1)C(=O)C(C3)C2. The maximum atomic E-state index is 13.0. The van der Waals surface area contributed by atoms with E-state index in [1.807, 2.05) is 0 Å². The van der Waals surface area contributed by atoms with Crippen molar-refractivity contribution in [1.29, 1.82) is 0 Å². The molecule has 0 aromatic rings. The van der Waals surface area contributed by atoms with Crippen molar-refractivity contribution in [3.05, 3.63) is 0 Å². The van der Waals surface area contributed by atoms with Crippen LogP contribution in [0.15, 0.2) is 0 Å². The Kier molecular flexibility index (Phi) is 4.12. The molecule has 3 unspecified atom stereocenters. The van der Waals surface area contributed by atoms with Crippen molar-refractivity contribution in [2.45, 2.75) is 37.6 Å². The number of Topliss-reactive ketones (excluding diaryl/α,β-unsaturated/α-hetero) is 1. The Labute approximate surface area is 133 Å². The molecule has 3 atom stereocenters. The van der Waals surface area contributed by atoms with Crippen molar-refractivity contribution in [1.82, 2.24) is 0 Å². The van der Waals surface area contributed by atoms with Crippen LogP contribution in [0.4, 0.5) is 9.18 Å². The van der Waals surface area contributed by atoms with Gasteiger partial charge in [-0.3, -0.25) is 9.35 Å². The highest BCUT2D eigenvalue weighted by Crippen LogP contribution is 2.58. The van der Waals surface area contributed by atoms with Crippen LogP contribution in [-0.4, -0.2) is 43.6 Å². The Balaban J connectivity index is 1.51. The fourth-order valence-corrected chi connectivity index (χ4v) is 4.80. The first kappa shape index (κ1) is 16.6. The monoisotopic (exact) mass is 350 g/mol. The van der Waals surface area contributed by atoms with Crippen molar-refractivity contribution < 1.29 is 36.4 Å². The molecule has 7 nitrogen and oxygen atoms in total. The summed E-state index contributed by atoms with van der Waals surface area (Å²) in [6.45, 7) is -1.03. The maximum Gasteiger partial charge on any atom is 0.508 e. The molecule has 4 rings (SSSR count). The lowest BCUT2D eigenvalue weighted by Gasteiger charge is -2.55. The van der Waals surface area contributed by atoms with Crippen LogP contribution in [-0.2, 0) is 24.4 Å². The Morgan fingerprint density at radius 3 is 2.43 bits per heavy atom. The molecule has 23 heavy (non-hydrogen) atoms. The second kappa shape index (κ2) is 5.70. The normalized spacial score (nSPS) is 36.8. The summed E-state index contributed by atoms with van der Waals surface area (Å²) in [5, 5.41) is 0. The van der Waals surface area contributed by atoms with E-state index in [0.29, 0.717) is 24.5 Å². The standard InChI is InChI=1S/C14H19FO7S/c15-11(23(18,19)20)6-21-13(17)22-7-14-3-8-1-9(4-14)12(16)10(2-8)5-14/h8-11H,1-7H2,(H,18,19,20). The Morgan fingerprint density at radius 1 is 1.26 bits per heavy atom. The Morgan fingerprint density at radius 2 is 1.87 bits per heavy atom. The molecule has 0 aromatic carbocycles. The van der Waals surface area contributed by atoms with E-state index >= 15 is 0 Å². The van der Waals surface area contributed by atoms with Crippen LogP contribution in [0, 0.1) is 23.2 Å². The number of carbonyl (C=O) groups excluding carboxylic acids is 2. The van der Waals surface area contributed by atoms with Gasteiger partial charge in [0.25, 0.3) is 5.50 Å². The van der Waals surface area contributed by atoms with E-state index in [0.717, 1.165) is 19.3 Å². The summed E-state index contributed by atoms with van der Waals surface area (Å²) in [7, 11) is -4.89. The largest absolute Gasteiger partial charge is 0.508 e. The predicted molar refractivity (Wildman–Crippen MR) is 74.7 cm³/mol. The fourth-order valence-electron chi connectivity index (χ4n) is 4.56. The van der Waals surface area contributed by atoms with Gasteiger partial charge in [-0.15, -0.1) is 0 Å². The summed E-state index contributed by atoms with van der Waals surface area (Å²) in [4.78, 5) is 23.5. The molecule has 4 saturated carbocycles. The lowest BCUT2D eigenvalue weighted by atomic mass is 9.49. The van der Waals surface area contributed by atoms with E-state index in [1.54, 1.807) is 0 Å². The van der Waals surface area contributed by atoms with Crippen molar-refractivity contribution in [3.8, 4) is 0 Å². The Bertz CT molecular complexity index is 599. The van der Waals surface area contributed by atoms with E-state index in [2.05, 4.69) is 4.74 Å². The molecule has 4 fully saturated rings. The zero-order valence-corrected chi connectivity index (χ0v) is 13.3. The molecule has 4 bridgehead atoms. The smallest absolute Gasteiger partial charge is 0.434 e. The van der Waals surface area contributed by atoms with Gasteiger partial charge in [0, 0.05) is 17.3 Å². The van der Waals surface area contributed by atoms with Gasteiger partial charge < -0.3 is 9.47 Å². The van der Waals surface area contributed by atoms with E-state index < -0.39 is 28.4 Å². The second-order valence-corrected chi connectivity index (χ2v) is 8.56. The molecular formula is C14H19FO7S. The number of hydrogen-bond donors (Lipinski definition) is 1. The van der Waals surface area contributed by atoms with Gasteiger partial charge in [-0.2, -0.15) is 8.42 Å². The molecule has 4 aliphatic rings. The van der Waals surface area contributed by atoms with Gasteiger partial charge in [0.1, 0.15) is 19.0 Å². The number of rotatable bonds is 5. The van der Waals surface area contributed by atoms with Gasteiger partial charge in [-0.1, -0.05) is 0 Å².